The van der Waals surface area contributed by atoms with E-state index in [1.54, 1.807) is 25.1 Å². The SMILES string of the molecule is CCOC(C(=O)C(F)(F)F)c1ccccc1. The summed E-state index contributed by atoms with van der Waals surface area (Å²) < 4.78 is 41.7. The molecule has 2 nitrogen and oxygen atoms in total. The standard InChI is InChI=1S/C11H11F3O2/c1-2-16-9(10(15)11(12,13)14)8-6-4-3-5-7-8/h3-7,9H,2H2,1H3. The number of carbonyl (C=O) groups is 1. The molecule has 1 aromatic carbocycles. The Morgan fingerprint density at radius 1 is 1.31 bits per heavy atom. The Labute approximate surface area is 91.0 Å². The summed E-state index contributed by atoms with van der Waals surface area (Å²) in [5.41, 5.74) is 0.215. The first-order valence-electron chi connectivity index (χ1n) is 4.74. The lowest BCUT2D eigenvalue weighted by atomic mass is 10.1. The lowest BCUT2D eigenvalue weighted by Crippen LogP contribution is -2.30. The van der Waals surface area contributed by atoms with Crippen molar-refractivity contribution in [2.24, 2.45) is 0 Å². The van der Waals surface area contributed by atoms with Crippen LogP contribution in [0, 0.1) is 0 Å². The summed E-state index contributed by atoms with van der Waals surface area (Å²) in [6, 6.07) is 7.65. The van der Waals surface area contributed by atoms with Crippen molar-refractivity contribution in [2.75, 3.05) is 6.61 Å². The quantitative estimate of drug-likeness (QED) is 0.797. The molecule has 0 saturated carbocycles. The minimum Gasteiger partial charge on any atom is -0.366 e. The van der Waals surface area contributed by atoms with Crippen molar-refractivity contribution in [3.8, 4) is 0 Å². The van der Waals surface area contributed by atoms with Crippen LogP contribution in [0.3, 0.4) is 0 Å². The predicted molar refractivity (Wildman–Crippen MR) is 51.9 cm³/mol. The fraction of sp³-hybridized carbons (Fsp3) is 0.364. The lowest BCUT2D eigenvalue weighted by molar-refractivity contribution is -0.183. The van der Waals surface area contributed by atoms with Crippen LogP contribution >= 0.6 is 0 Å². The number of alkyl halides is 3. The van der Waals surface area contributed by atoms with Crippen molar-refractivity contribution in [1.82, 2.24) is 0 Å². The molecule has 0 aliphatic rings. The summed E-state index contributed by atoms with van der Waals surface area (Å²) in [6.07, 6.45) is -6.44. The van der Waals surface area contributed by atoms with Crippen LogP contribution in [0.25, 0.3) is 0 Å². The monoisotopic (exact) mass is 232 g/mol. The van der Waals surface area contributed by atoms with Crippen molar-refractivity contribution in [2.45, 2.75) is 19.2 Å². The summed E-state index contributed by atoms with van der Waals surface area (Å²) in [5, 5.41) is 0. The van der Waals surface area contributed by atoms with E-state index in [2.05, 4.69) is 0 Å². The summed E-state index contributed by atoms with van der Waals surface area (Å²) in [5.74, 6) is -1.87. The molecule has 0 fully saturated rings. The van der Waals surface area contributed by atoms with Crippen LogP contribution in [0.15, 0.2) is 30.3 Å². The molecule has 0 bridgehead atoms. The number of benzene rings is 1. The number of Topliss-reactive ketones (excluding diaryl/α,β-unsaturated/α-hetero) is 1. The molecule has 1 unspecified atom stereocenters. The molecule has 0 aromatic heterocycles. The Bertz CT molecular complexity index is 346. The third-order valence-corrected chi connectivity index (χ3v) is 1.95. The van der Waals surface area contributed by atoms with Crippen LogP contribution in [0.5, 0.6) is 0 Å². The molecule has 0 aliphatic carbocycles. The maximum Gasteiger partial charge on any atom is 0.453 e. The van der Waals surface area contributed by atoms with E-state index in [1.165, 1.54) is 12.1 Å². The first kappa shape index (κ1) is 12.7. The van der Waals surface area contributed by atoms with Gasteiger partial charge in [0.25, 0.3) is 5.78 Å². The van der Waals surface area contributed by atoms with Gasteiger partial charge in [0.1, 0.15) is 0 Å². The van der Waals surface area contributed by atoms with Crippen LogP contribution in [-0.2, 0) is 9.53 Å². The lowest BCUT2D eigenvalue weighted by Gasteiger charge is -2.17. The van der Waals surface area contributed by atoms with E-state index < -0.39 is 18.1 Å². The van der Waals surface area contributed by atoms with Gasteiger partial charge in [0.05, 0.1) is 0 Å². The zero-order chi connectivity index (χ0) is 12.2. The van der Waals surface area contributed by atoms with E-state index >= 15 is 0 Å². The van der Waals surface area contributed by atoms with Crippen LogP contribution in [0.1, 0.15) is 18.6 Å². The van der Waals surface area contributed by atoms with Crippen LogP contribution in [0.2, 0.25) is 0 Å². The van der Waals surface area contributed by atoms with E-state index in [4.69, 9.17) is 4.74 Å². The summed E-state index contributed by atoms with van der Waals surface area (Å²) in [4.78, 5) is 11.1. The molecule has 88 valence electrons. The Morgan fingerprint density at radius 2 is 1.88 bits per heavy atom. The Balaban J connectivity index is 2.97. The second-order valence-electron chi connectivity index (χ2n) is 3.11. The third kappa shape index (κ3) is 3.06. The van der Waals surface area contributed by atoms with Gasteiger partial charge in [-0.05, 0) is 12.5 Å². The maximum absolute atomic E-state index is 12.3. The van der Waals surface area contributed by atoms with Gasteiger partial charge in [0.15, 0.2) is 6.10 Å². The molecule has 0 heterocycles. The normalized spacial score (nSPS) is 13.5. The molecule has 5 heteroatoms. The predicted octanol–water partition coefficient (Wildman–Crippen LogP) is 2.90. The molecule has 0 saturated heterocycles. The highest BCUT2D eigenvalue weighted by atomic mass is 19.4. The van der Waals surface area contributed by atoms with Gasteiger partial charge in [-0.1, -0.05) is 30.3 Å². The highest BCUT2D eigenvalue weighted by molar-refractivity contribution is 5.89. The molecule has 0 aliphatic heterocycles. The van der Waals surface area contributed by atoms with E-state index in [0.29, 0.717) is 0 Å². The van der Waals surface area contributed by atoms with Crippen molar-refractivity contribution >= 4 is 5.78 Å². The molecule has 0 radical (unpaired) electrons. The largest absolute Gasteiger partial charge is 0.453 e. The highest BCUT2D eigenvalue weighted by Crippen LogP contribution is 2.28. The highest BCUT2D eigenvalue weighted by Gasteiger charge is 2.44. The van der Waals surface area contributed by atoms with E-state index in [0.717, 1.165) is 0 Å². The Morgan fingerprint density at radius 3 is 2.31 bits per heavy atom. The van der Waals surface area contributed by atoms with Crippen LogP contribution < -0.4 is 0 Å². The molecular formula is C11H11F3O2. The summed E-state index contributed by atoms with van der Waals surface area (Å²) in [7, 11) is 0. The number of halogens is 3. The number of rotatable bonds is 4. The average Bonchev–Trinajstić information content (AvgIpc) is 2.25. The number of ether oxygens (including phenoxy) is 1. The zero-order valence-electron chi connectivity index (χ0n) is 8.62. The minimum atomic E-state index is -4.88. The van der Waals surface area contributed by atoms with Gasteiger partial charge in [-0.3, -0.25) is 4.79 Å². The van der Waals surface area contributed by atoms with E-state index in [9.17, 15) is 18.0 Å². The van der Waals surface area contributed by atoms with Gasteiger partial charge in [-0.15, -0.1) is 0 Å². The van der Waals surface area contributed by atoms with E-state index in [-0.39, 0.29) is 12.2 Å². The average molecular weight is 232 g/mol. The molecule has 1 rings (SSSR count). The van der Waals surface area contributed by atoms with Crippen molar-refractivity contribution in [3.05, 3.63) is 35.9 Å². The molecule has 0 amide bonds. The fourth-order valence-electron chi connectivity index (χ4n) is 1.27. The van der Waals surface area contributed by atoms with Gasteiger partial charge < -0.3 is 4.74 Å². The van der Waals surface area contributed by atoms with E-state index in [1.807, 2.05) is 0 Å². The molecule has 1 atom stereocenters. The van der Waals surface area contributed by atoms with Crippen LogP contribution in [-0.4, -0.2) is 18.6 Å². The third-order valence-electron chi connectivity index (χ3n) is 1.95. The Kier molecular flexibility index (Phi) is 4.06. The van der Waals surface area contributed by atoms with Gasteiger partial charge >= 0.3 is 6.18 Å². The maximum atomic E-state index is 12.3. The van der Waals surface area contributed by atoms with Gasteiger partial charge in [0.2, 0.25) is 0 Å². The number of ketones is 1. The second kappa shape index (κ2) is 5.12. The zero-order valence-corrected chi connectivity index (χ0v) is 8.62. The molecular weight excluding hydrogens is 221 g/mol. The first-order chi connectivity index (χ1) is 7.46. The van der Waals surface area contributed by atoms with Crippen molar-refractivity contribution < 1.29 is 22.7 Å². The summed E-state index contributed by atoms with van der Waals surface area (Å²) >= 11 is 0. The van der Waals surface area contributed by atoms with Crippen molar-refractivity contribution in [1.29, 1.82) is 0 Å². The topological polar surface area (TPSA) is 26.3 Å². The minimum absolute atomic E-state index is 0.0430. The second-order valence-corrected chi connectivity index (χ2v) is 3.11. The van der Waals surface area contributed by atoms with Gasteiger partial charge in [0, 0.05) is 6.61 Å². The fourth-order valence-corrected chi connectivity index (χ4v) is 1.27. The summed E-state index contributed by atoms with van der Waals surface area (Å²) in [6.45, 7) is 1.58. The van der Waals surface area contributed by atoms with Gasteiger partial charge in [-0.25, -0.2) is 0 Å². The Hall–Kier alpha value is -1.36. The molecule has 16 heavy (non-hydrogen) atoms. The molecule has 1 aromatic rings. The molecule has 0 spiro atoms. The smallest absolute Gasteiger partial charge is 0.366 e. The van der Waals surface area contributed by atoms with Crippen molar-refractivity contribution in [3.63, 3.8) is 0 Å². The number of carbonyl (C=O) groups excluding carboxylic acids is 1. The molecule has 0 N–H and O–H groups in total. The van der Waals surface area contributed by atoms with Gasteiger partial charge in [-0.2, -0.15) is 13.2 Å². The first-order valence-corrected chi connectivity index (χ1v) is 4.74. The number of hydrogen-bond acceptors (Lipinski definition) is 2. The van der Waals surface area contributed by atoms with Crippen LogP contribution in [0.4, 0.5) is 13.2 Å². The number of hydrogen-bond donors (Lipinski definition) is 0.